The first-order valence-corrected chi connectivity index (χ1v) is 5.50. The first-order chi connectivity index (χ1) is 6.59. The maximum Gasteiger partial charge on any atom is 0.0438 e. The average molecular weight is 210 g/mol. The zero-order valence-corrected chi connectivity index (χ0v) is 9.22. The second-order valence-corrected chi connectivity index (χ2v) is 4.96. The second-order valence-electron chi connectivity index (χ2n) is 4.55. The Labute approximate surface area is 90.3 Å². The molecule has 14 heavy (non-hydrogen) atoms. The first kappa shape index (κ1) is 10.0. The molecular formula is C12H16ClN. The van der Waals surface area contributed by atoms with Crippen LogP contribution in [-0.4, -0.2) is 5.54 Å². The molecule has 2 N–H and O–H groups in total. The van der Waals surface area contributed by atoms with Crippen molar-refractivity contribution >= 4 is 11.6 Å². The molecule has 2 heteroatoms. The van der Waals surface area contributed by atoms with Crippen molar-refractivity contribution < 1.29 is 0 Å². The van der Waals surface area contributed by atoms with Crippen LogP contribution in [0.4, 0.5) is 0 Å². The van der Waals surface area contributed by atoms with Crippen molar-refractivity contribution in [2.75, 3.05) is 0 Å². The van der Waals surface area contributed by atoms with Gasteiger partial charge in [-0.3, -0.25) is 0 Å². The van der Waals surface area contributed by atoms with Gasteiger partial charge in [-0.05, 0) is 43.7 Å². The molecule has 1 fully saturated rings. The lowest BCUT2D eigenvalue weighted by Crippen LogP contribution is -2.41. The van der Waals surface area contributed by atoms with Crippen LogP contribution in [0.3, 0.4) is 0 Å². The summed E-state index contributed by atoms with van der Waals surface area (Å²) in [5, 5.41) is 0.838. The molecule has 2 rings (SSSR count). The van der Waals surface area contributed by atoms with Gasteiger partial charge in [0.1, 0.15) is 0 Å². The summed E-state index contributed by atoms with van der Waals surface area (Å²) in [7, 11) is 0. The lowest BCUT2D eigenvalue weighted by atomic mass is 9.89. The Hall–Kier alpha value is -0.530. The van der Waals surface area contributed by atoms with Crippen molar-refractivity contribution in [2.45, 2.75) is 31.7 Å². The Balaban J connectivity index is 2.13. The molecule has 0 aliphatic heterocycles. The van der Waals surface area contributed by atoms with Crippen molar-refractivity contribution in [2.24, 2.45) is 11.7 Å². The van der Waals surface area contributed by atoms with Crippen molar-refractivity contribution in [3.63, 3.8) is 0 Å². The number of hydrogen-bond donors (Lipinski definition) is 1. The van der Waals surface area contributed by atoms with E-state index in [4.69, 9.17) is 17.3 Å². The number of nitrogens with two attached hydrogens (primary N) is 1. The van der Waals surface area contributed by atoms with Gasteiger partial charge in [0.2, 0.25) is 0 Å². The molecule has 0 amide bonds. The van der Waals surface area contributed by atoms with Crippen LogP contribution >= 0.6 is 11.6 Å². The quantitative estimate of drug-likeness (QED) is 0.814. The third kappa shape index (κ3) is 2.10. The van der Waals surface area contributed by atoms with E-state index in [2.05, 4.69) is 13.0 Å². The van der Waals surface area contributed by atoms with Crippen LogP contribution in [0.25, 0.3) is 0 Å². The van der Waals surface area contributed by atoms with Gasteiger partial charge in [-0.2, -0.15) is 0 Å². The highest BCUT2D eigenvalue weighted by molar-refractivity contribution is 6.31. The number of halogens is 1. The molecule has 1 aromatic rings. The highest BCUT2D eigenvalue weighted by Crippen LogP contribution is 2.40. The zero-order chi connectivity index (χ0) is 10.2. The molecule has 1 aromatic carbocycles. The Kier molecular flexibility index (Phi) is 2.54. The van der Waals surface area contributed by atoms with E-state index >= 15 is 0 Å². The monoisotopic (exact) mass is 209 g/mol. The van der Waals surface area contributed by atoms with Gasteiger partial charge in [0.25, 0.3) is 0 Å². The van der Waals surface area contributed by atoms with Crippen LogP contribution < -0.4 is 5.73 Å². The molecule has 0 aromatic heterocycles. The molecule has 1 aliphatic rings. The summed E-state index contributed by atoms with van der Waals surface area (Å²) >= 11 is 6.10. The summed E-state index contributed by atoms with van der Waals surface area (Å²) in [5.41, 5.74) is 7.36. The van der Waals surface area contributed by atoms with E-state index in [1.165, 1.54) is 18.4 Å². The zero-order valence-electron chi connectivity index (χ0n) is 8.46. The molecule has 0 saturated heterocycles. The summed E-state index contributed by atoms with van der Waals surface area (Å²) in [6.07, 6.45) is 3.44. The van der Waals surface area contributed by atoms with E-state index in [1.54, 1.807) is 0 Å². The van der Waals surface area contributed by atoms with Crippen LogP contribution in [0, 0.1) is 5.92 Å². The molecule has 0 spiro atoms. The van der Waals surface area contributed by atoms with E-state index in [0.717, 1.165) is 11.4 Å². The van der Waals surface area contributed by atoms with E-state index < -0.39 is 0 Å². The Morgan fingerprint density at radius 3 is 2.64 bits per heavy atom. The largest absolute Gasteiger partial charge is 0.325 e. The summed E-state index contributed by atoms with van der Waals surface area (Å²) < 4.78 is 0. The van der Waals surface area contributed by atoms with E-state index in [9.17, 15) is 0 Å². The highest BCUT2D eigenvalue weighted by atomic mass is 35.5. The third-order valence-electron chi connectivity index (χ3n) is 3.04. The smallest absolute Gasteiger partial charge is 0.0438 e. The van der Waals surface area contributed by atoms with Crippen LogP contribution in [0.2, 0.25) is 5.02 Å². The lowest BCUT2D eigenvalue weighted by molar-refractivity contribution is 0.406. The molecule has 0 heterocycles. The molecule has 1 nitrogen and oxygen atoms in total. The Bertz CT molecular complexity index is 329. The van der Waals surface area contributed by atoms with E-state index in [1.807, 2.05) is 18.2 Å². The maximum atomic E-state index is 6.26. The van der Waals surface area contributed by atoms with E-state index in [-0.39, 0.29) is 5.54 Å². The van der Waals surface area contributed by atoms with Gasteiger partial charge in [-0.15, -0.1) is 0 Å². The highest BCUT2D eigenvalue weighted by Gasteiger charge is 2.38. The lowest BCUT2D eigenvalue weighted by Gasteiger charge is -2.24. The summed E-state index contributed by atoms with van der Waals surface area (Å²) in [5.74, 6) is 0.693. The first-order valence-electron chi connectivity index (χ1n) is 5.12. The van der Waals surface area contributed by atoms with Crippen molar-refractivity contribution in [1.29, 1.82) is 0 Å². The topological polar surface area (TPSA) is 26.0 Å². The van der Waals surface area contributed by atoms with Gasteiger partial charge in [0, 0.05) is 10.6 Å². The number of rotatable bonds is 3. The molecular weight excluding hydrogens is 194 g/mol. The Morgan fingerprint density at radius 1 is 1.43 bits per heavy atom. The van der Waals surface area contributed by atoms with Gasteiger partial charge in [0.05, 0.1) is 0 Å². The predicted octanol–water partition coefficient (Wildman–Crippen LogP) is 3.01. The number of benzene rings is 1. The van der Waals surface area contributed by atoms with E-state index in [0.29, 0.717) is 5.92 Å². The standard InChI is InChI=1S/C12H16ClN/c1-12(14,10-6-7-10)8-9-4-2-3-5-11(9)13/h2-5,10H,6-8,14H2,1H3. The SMILES string of the molecule is CC(N)(Cc1ccccc1Cl)C1CC1. The maximum absolute atomic E-state index is 6.26. The van der Waals surface area contributed by atoms with Gasteiger partial charge < -0.3 is 5.73 Å². The molecule has 1 aliphatic carbocycles. The molecule has 76 valence electrons. The second kappa shape index (κ2) is 3.56. The van der Waals surface area contributed by atoms with Gasteiger partial charge >= 0.3 is 0 Å². The van der Waals surface area contributed by atoms with Crippen LogP contribution in [0.5, 0.6) is 0 Å². The minimum atomic E-state index is -0.0784. The fraction of sp³-hybridized carbons (Fsp3) is 0.500. The molecule has 0 bridgehead atoms. The van der Waals surface area contributed by atoms with Crippen molar-refractivity contribution in [1.82, 2.24) is 0 Å². The van der Waals surface area contributed by atoms with Crippen LogP contribution in [-0.2, 0) is 6.42 Å². The summed E-state index contributed by atoms with van der Waals surface area (Å²) in [6.45, 7) is 2.13. The molecule has 1 saturated carbocycles. The van der Waals surface area contributed by atoms with Gasteiger partial charge in [0.15, 0.2) is 0 Å². The van der Waals surface area contributed by atoms with Gasteiger partial charge in [-0.25, -0.2) is 0 Å². The molecule has 0 radical (unpaired) electrons. The van der Waals surface area contributed by atoms with Crippen LogP contribution in [0.1, 0.15) is 25.3 Å². The molecule has 1 unspecified atom stereocenters. The Morgan fingerprint density at radius 2 is 2.07 bits per heavy atom. The normalized spacial score (nSPS) is 20.5. The fourth-order valence-corrected chi connectivity index (χ4v) is 2.14. The average Bonchev–Trinajstić information content (AvgIpc) is 2.91. The van der Waals surface area contributed by atoms with Crippen LogP contribution in [0.15, 0.2) is 24.3 Å². The van der Waals surface area contributed by atoms with Crippen molar-refractivity contribution in [3.05, 3.63) is 34.9 Å². The summed E-state index contributed by atoms with van der Waals surface area (Å²) in [6, 6.07) is 7.97. The minimum Gasteiger partial charge on any atom is -0.325 e. The van der Waals surface area contributed by atoms with Gasteiger partial charge in [-0.1, -0.05) is 29.8 Å². The van der Waals surface area contributed by atoms with Crippen molar-refractivity contribution in [3.8, 4) is 0 Å². The number of hydrogen-bond acceptors (Lipinski definition) is 1. The fourth-order valence-electron chi connectivity index (χ4n) is 1.94. The molecule has 1 atom stereocenters. The minimum absolute atomic E-state index is 0.0784. The third-order valence-corrected chi connectivity index (χ3v) is 3.41. The predicted molar refractivity (Wildman–Crippen MR) is 60.5 cm³/mol. The summed E-state index contributed by atoms with van der Waals surface area (Å²) in [4.78, 5) is 0.